The second kappa shape index (κ2) is 11.1. The third-order valence-corrected chi connectivity index (χ3v) is 6.92. The van der Waals surface area contributed by atoms with Crippen molar-refractivity contribution in [1.82, 2.24) is 5.32 Å². The molecule has 6 nitrogen and oxygen atoms in total. The van der Waals surface area contributed by atoms with Crippen molar-refractivity contribution in [2.75, 3.05) is 18.6 Å². The summed E-state index contributed by atoms with van der Waals surface area (Å²) >= 11 is 0. The highest BCUT2D eigenvalue weighted by Gasteiger charge is 2.41. The van der Waals surface area contributed by atoms with Gasteiger partial charge < -0.3 is 15.2 Å². The van der Waals surface area contributed by atoms with Crippen LogP contribution in [0.1, 0.15) is 68.1 Å². The number of benzene rings is 2. The van der Waals surface area contributed by atoms with Gasteiger partial charge in [-0.2, -0.15) is 0 Å². The van der Waals surface area contributed by atoms with E-state index in [2.05, 4.69) is 58.1 Å². The minimum atomic E-state index is -0.999. The van der Waals surface area contributed by atoms with Crippen LogP contribution >= 0.6 is 0 Å². The predicted octanol–water partition coefficient (Wildman–Crippen LogP) is 6.15. The first-order valence-corrected chi connectivity index (χ1v) is 12.4. The van der Waals surface area contributed by atoms with Gasteiger partial charge in [0.05, 0.1) is 23.4 Å². The normalized spacial score (nSPS) is 18.9. The standard InChI is InChI=1S/C29H38N2O4/c1-7-21-16-24(13-10-22(21)9-8-19(2)3)29(5)26(20(4)18-35-6)17-31(28(34)30-29)25-14-11-23(12-15-25)27(32)33/h10-17,19-20H,7-9,18H2,1-6H3,(H,30,34)(H,32,33)/t20?,29-/m0/s1. The highest BCUT2D eigenvalue weighted by molar-refractivity contribution is 5.97. The van der Waals surface area contributed by atoms with Crippen LogP contribution in [0.3, 0.4) is 0 Å². The van der Waals surface area contributed by atoms with Crippen LogP contribution in [0, 0.1) is 11.8 Å². The molecule has 3 rings (SSSR count). The summed E-state index contributed by atoms with van der Waals surface area (Å²) in [7, 11) is 1.68. The van der Waals surface area contributed by atoms with Gasteiger partial charge in [-0.05, 0) is 78.6 Å². The SMILES string of the molecule is CCc1cc([C@]2(C)NC(=O)N(c3ccc(C(=O)O)cc3)C=C2C(C)COC)ccc1CCC(C)C. The van der Waals surface area contributed by atoms with Crippen LogP contribution in [-0.2, 0) is 23.1 Å². The highest BCUT2D eigenvalue weighted by Crippen LogP contribution is 2.39. The van der Waals surface area contributed by atoms with Crippen LogP contribution < -0.4 is 10.2 Å². The molecule has 2 amide bonds. The lowest BCUT2D eigenvalue weighted by Gasteiger charge is -2.43. The topological polar surface area (TPSA) is 78.9 Å². The van der Waals surface area contributed by atoms with Crippen LogP contribution in [0.25, 0.3) is 0 Å². The molecule has 2 aromatic carbocycles. The quantitative estimate of drug-likeness (QED) is 0.429. The number of nitrogens with one attached hydrogen (secondary N) is 1. The Balaban J connectivity index is 2.05. The number of carboxylic acid groups (broad SMARTS) is 1. The molecule has 0 radical (unpaired) electrons. The van der Waals surface area contributed by atoms with Gasteiger partial charge in [-0.15, -0.1) is 0 Å². The van der Waals surface area contributed by atoms with E-state index in [1.807, 2.05) is 6.20 Å². The molecule has 1 aliphatic rings. The number of hydrogen-bond acceptors (Lipinski definition) is 3. The van der Waals surface area contributed by atoms with Crippen LogP contribution in [-0.4, -0.2) is 30.8 Å². The first-order valence-electron chi connectivity index (χ1n) is 12.4. The fourth-order valence-electron chi connectivity index (χ4n) is 4.78. The van der Waals surface area contributed by atoms with Crippen LogP contribution in [0.15, 0.2) is 54.2 Å². The first kappa shape index (κ1) is 26.5. The minimum Gasteiger partial charge on any atom is -0.478 e. The van der Waals surface area contributed by atoms with E-state index in [0.29, 0.717) is 18.2 Å². The predicted molar refractivity (Wildman–Crippen MR) is 140 cm³/mol. The Morgan fingerprint density at radius 2 is 1.80 bits per heavy atom. The minimum absolute atomic E-state index is 0.0390. The number of carbonyl (C=O) groups is 2. The monoisotopic (exact) mass is 478 g/mol. The summed E-state index contributed by atoms with van der Waals surface area (Å²) < 4.78 is 5.48. The number of methoxy groups -OCH3 is 1. The molecule has 0 aromatic heterocycles. The lowest BCUT2D eigenvalue weighted by Crippen LogP contribution is -2.55. The van der Waals surface area contributed by atoms with Crippen molar-refractivity contribution in [1.29, 1.82) is 0 Å². The number of hydrogen-bond donors (Lipinski definition) is 2. The maximum absolute atomic E-state index is 13.4. The third kappa shape index (κ3) is 5.76. The van der Waals surface area contributed by atoms with Crippen molar-refractivity contribution in [3.63, 3.8) is 0 Å². The van der Waals surface area contributed by atoms with Crippen molar-refractivity contribution in [2.24, 2.45) is 11.8 Å². The molecule has 6 heteroatoms. The largest absolute Gasteiger partial charge is 0.478 e. The van der Waals surface area contributed by atoms with E-state index in [0.717, 1.165) is 30.4 Å². The second-order valence-corrected chi connectivity index (χ2v) is 9.99. The number of ether oxygens (including phenoxy) is 1. The Hall–Kier alpha value is -3.12. The van der Waals surface area contributed by atoms with Gasteiger partial charge >= 0.3 is 12.0 Å². The zero-order valence-electron chi connectivity index (χ0n) is 21.7. The molecular weight excluding hydrogens is 440 g/mol. The van der Waals surface area contributed by atoms with Crippen molar-refractivity contribution < 1.29 is 19.4 Å². The van der Waals surface area contributed by atoms with E-state index in [4.69, 9.17) is 4.74 Å². The maximum Gasteiger partial charge on any atom is 0.335 e. The molecule has 35 heavy (non-hydrogen) atoms. The zero-order valence-corrected chi connectivity index (χ0v) is 21.7. The summed E-state index contributed by atoms with van der Waals surface area (Å²) in [5.41, 5.74) is 4.83. The van der Waals surface area contributed by atoms with Crippen molar-refractivity contribution in [3.05, 3.63) is 76.5 Å². The van der Waals surface area contributed by atoms with E-state index in [1.165, 1.54) is 23.3 Å². The molecule has 0 bridgehead atoms. The summed E-state index contributed by atoms with van der Waals surface area (Å²) in [6, 6.07) is 12.6. The van der Waals surface area contributed by atoms with Crippen molar-refractivity contribution in [2.45, 2.75) is 59.4 Å². The number of aromatic carboxylic acids is 1. The highest BCUT2D eigenvalue weighted by atomic mass is 16.5. The smallest absolute Gasteiger partial charge is 0.335 e. The lowest BCUT2D eigenvalue weighted by atomic mass is 9.76. The molecule has 1 heterocycles. The Labute approximate surface area is 209 Å². The van der Waals surface area contributed by atoms with Gasteiger partial charge in [-0.1, -0.05) is 45.9 Å². The second-order valence-electron chi connectivity index (χ2n) is 9.99. The van der Waals surface area contributed by atoms with E-state index in [9.17, 15) is 14.7 Å². The molecule has 2 N–H and O–H groups in total. The van der Waals surface area contributed by atoms with Crippen molar-refractivity contribution >= 4 is 17.7 Å². The summed E-state index contributed by atoms with van der Waals surface area (Å²) in [5, 5.41) is 12.5. The number of urea groups is 1. The molecule has 0 fully saturated rings. The van der Waals surface area contributed by atoms with Gasteiger partial charge in [-0.25, -0.2) is 9.59 Å². The Morgan fingerprint density at radius 3 is 2.37 bits per heavy atom. The number of anilines is 1. The molecule has 0 saturated heterocycles. The fourth-order valence-corrected chi connectivity index (χ4v) is 4.78. The molecule has 0 saturated carbocycles. The maximum atomic E-state index is 13.4. The van der Waals surface area contributed by atoms with Gasteiger partial charge in [-0.3, -0.25) is 4.90 Å². The van der Waals surface area contributed by atoms with Crippen LogP contribution in [0.5, 0.6) is 0 Å². The van der Waals surface area contributed by atoms with Crippen LogP contribution in [0.2, 0.25) is 0 Å². The molecule has 0 spiro atoms. The van der Waals surface area contributed by atoms with Crippen LogP contribution in [0.4, 0.5) is 10.5 Å². The average molecular weight is 479 g/mol. The molecule has 2 aromatic rings. The molecular formula is C29H38N2O4. The summed E-state index contributed by atoms with van der Waals surface area (Å²) in [6.45, 7) is 11.3. The number of rotatable bonds is 10. The van der Waals surface area contributed by atoms with E-state index in [-0.39, 0.29) is 17.5 Å². The Morgan fingerprint density at radius 1 is 1.11 bits per heavy atom. The van der Waals surface area contributed by atoms with E-state index < -0.39 is 11.5 Å². The van der Waals surface area contributed by atoms with Gasteiger partial charge in [0.1, 0.15) is 0 Å². The third-order valence-electron chi connectivity index (χ3n) is 6.92. The van der Waals surface area contributed by atoms with Gasteiger partial charge in [0.2, 0.25) is 0 Å². The zero-order chi connectivity index (χ0) is 25.8. The summed E-state index contributed by atoms with van der Waals surface area (Å²) in [6.07, 6.45) is 5.01. The molecule has 188 valence electrons. The molecule has 1 aliphatic heterocycles. The lowest BCUT2D eigenvalue weighted by molar-refractivity contribution is 0.0697. The number of amides is 2. The molecule has 2 atom stereocenters. The Bertz CT molecular complexity index is 1090. The van der Waals surface area contributed by atoms with E-state index in [1.54, 1.807) is 24.1 Å². The van der Waals surface area contributed by atoms with E-state index >= 15 is 0 Å². The fraction of sp³-hybridized carbons (Fsp3) is 0.448. The van der Waals surface area contributed by atoms with Crippen molar-refractivity contribution in [3.8, 4) is 0 Å². The summed E-state index contributed by atoms with van der Waals surface area (Å²) in [5.74, 6) is -0.313. The number of carboxylic acids is 1. The first-order chi connectivity index (χ1) is 16.6. The molecule has 0 aliphatic carbocycles. The number of carbonyl (C=O) groups excluding carboxylic acids is 1. The number of aryl methyl sites for hydroxylation is 2. The Kier molecular flexibility index (Phi) is 8.39. The average Bonchev–Trinajstić information content (AvgIpc) is 2.82. The van der Waals surface area contributed by atoms with Gasteiger partial charge in [0.25, 0.3) is 0 Å². The number of nitrogens with zero attached hydrogens (tertiary/aromatic N) is 1. The van der Waals surface area contributed by atoms with Gasteiger partial charge in [0.15, 0.2) is 0 Å². The molecule has 1 unspecified atom stereocenters. The summed E-state index contributed by atoms with van der Waals surface area (Å²) in [4.78, 5) is 26.1. The van der Waals surface area contributed by atoms with Gasteiger partial charge in [0, 0.05) is 19.2 Å².